The van der Waals surface area contributed by atoms with Gasteiger partial charge in [-0.3, -0.25) is 9.59 Å². The number of anilines is 1. The maximum Gasteiger partial charge on any atom is 0.253 e. The molecule has 12 heteroatoms. The highest BCUT2D eigenvalue weighted by atomic mass is 35.5. The van der Waals surface area contributed by atoms with Gasteiger partial charge in [-0.15, -0.1) is 10.2 Å². The van der Waals surface area contributed by atoms with Gasteiger partial charge in [-0.1, -0.05) is 23.2 Å². The number of carbonyl (C=O) groups excluding carboxylic acids is 2. The van der Waals surface area contributed by atoms with E-state index in [1.165, 1.54) is 6.07 Å². The number of carbonyl (C=O) groups is 2. The Hall–Kier alpha value is -3.24. The highest BCUT2D eigenvalue weighted by molar-refractivity contribution is 6.36. The van der Waals surface area contributed by atoms with E-state index in [0.717, 1.165) is 5.82 Å². The molecule has 1 fully saturated rings. The number of fused-ring (bicyclic) bond motifs is 1. The Morgan fingerprint density at radius 2 is 1.82 bits per heavy atom. The molecule has 34 heavy (non-hydrogen) atoms. The lowest BCUT2D eigenvalue weighted by atomic mass is 10.1. The molecule has 2 aliphatic heterocycles. The van der Waals surface area contributed by atoms with Crippen LogP contribution in [0.4, 0.5) is 5.95 Å². The van der Waals surface area contributed by atoms with Gasteiger partial charge in [-0.2, -0.15) is 0 Å². The fraction of sp³-hybridized carbons (Fsp3) is 0.364. The van der Waals surface area contributed by atoms with Crippen molar-refractivity contribution in [2.75, 3.05) is 31.1 Å². The summed E-state index contributed by atoms with van der Waals surface area (Å²) in [6, 6.07) is 6.10. The van der Waals surface area contributed by atoms with Gasteiger partial charge in [0, 0.05) is 50.0 Å². The largest absolute Gasteiger partial charge is 0.345 e. The second-order valence-electron chi connectivity index (χ2n) is 8.12. The minimum atomic E-state index is -0.379. The van der Waals surface area contributed by atoms with Crippen molar-refractivity contribution in [3.8, 4) is 0 Å². The van der Waals surface area contributed by atoms with Crippen LogP contribution in [-0.2, 0) is 17.8 Å². The van der Waals surface area contributed by atoms with Crippen LogP contribution in [0.25, 0.3) is 0 Å². The van der Waals surface area contributed by atoms with Crippen molar-refractivity contribution in [2.24, 2.45) is 0 Å². The number of hydrogen-bond acceptors (Lipinski definition) is 7. The van der Waals surface area contributed by atoms with Crippen LogP contribution in [0.1, 0.15) is 34.5 Å². The molecule has 0 saturated carbocycles. The average Bonchev–Trinajstić information content (AvgIpc) is 3.45. The molecular weight excluding hydrogens is 479 g/mol. The third-order valence-electron chi connectivity index (χ3n) is 6.08. The Balaban J connectivity index is 1.23. The summed E-state index contributed by atoms with van der Waals surface area (Å²) in [7, 11) is 0. The van der Waals surface area contributed by atoms with Crippen LogP contribution < -0.4 is 10.2 Å². The third-order valence-corrected chi connectivity index (χ3v) is 6.63. The molecule has 176 valence electrons. The molecule has 2 aliphatic rings. The minimum absolute atomic E-state index is 0.0421. The van der Waals surface area contributed by atoms with E-state index in [1.54, 1.807) is 30.6 Å². The van der Waals surface area contributed by atoms with Crippen LogP contribution in [0, 0.1) is 0 Å². The molecule has 0 radical (unpaired) electrons. The quantitative estimate of drug-likeness (QED) is 0.571. The number of benzene rings is 1. The highest BCUT2D eigenvalue weighted by Crippen LogP contribution is 2.29. The Labute approximate surface area is 205 Å². The van der Waals surface area contributed by atoms with E-state index in [-0.39, 0.29) is 29.4 Å². The van der Waals surface area contributed by atoms with Crippen LogP contribution in [0.5, 0.6) is 0 Å². The number of amides is 2. The van der Waals surface area contributed by atoms with Crippen LogP contribution >= 0.6 is 23.2 Å². The van der Waals surface area contributed by atoms with Crippen LogP contribution in [-0.4, -0.2) is 67.6 Å². The van der Waals surface area contributed by atoms with Crippen LogP contribution in [0.2, 0.25) is 10.0 Å². The first kappa shape index (κ1) is 22.5. The lowest BCUT2D eigenvalue weighted by molar-refractivity contribution is -0.135. The standard InChI is InChI=1S/C22H22Cl2N8O2/c23-14-2-3-15(16(24)12-14)20(33)27-13-19-29-28-18-5-4-17(32(18)19)21(34)30-8-10-31(11-9-30)22-25-6-1-7-26-22/h1-3,6-7,12,17H,4-5,8-11,13H2,(H,27,33). The molecular formula is C22H22Cl2N8O2. The molecule has 0 aliphatic carbocycles. The van der Waals surface area contributed by atoms with Crippen molar-refractivity contribution in [3.63, 3.8) is 0 Å². The molecule has 10 nitrogen and oxygen atoms in total. The van der Waals surface area contributed by atoms with E-state index in [4.69, 9.17) is 23.2 Å². The summed E-state index contributed by atoms with van der Waals surface area (Å²) in [5.41, 5.74) is 0.320. The predicted octanol–water partition coefficient (Wildman–Crippen LogP) is 2.14. The lowest BCUT2D eigenvalue weighted by Gasteiger charge is -2.36. The van der Waals surface area contributed by atoms with Gasteiger partial charge in [0.15, 0.2) is 5.82 Å². The smallest absolute Gasteiger partial charge is 0.253 e. The SMILES string of the molecule is O=C(NCc1nnc2n1C(C(=O)N1CCN(c3ncccn3)CC1)CC2)c1ccc(Cl)cc1Cl. The zero-order valence-corrected chi connectivity index (χ0v) is 19.7. The van der Waals surface area contributed by atoms with E-state index < -0.39 is 0 Å². The zero-order valence-electron chi connectivity index (χ0n) is 18.2. The number of piperazine rings is 1. The summed E-state index contributed by atoms with van der Waals surface area (Å²) in [5, 5.41) is 12.0. The van der Waals surface area contributed by atoms with E-state index in [0.29, 0.717) is 61.4 Å². The van der Waals surface area contributed by atoms with Crippen molar-refractivity contribution in [1.29, 1.82) is 0 Å². The summed E-state index contributed by atoms with van der Waals surface area (Å²) < 4.78 is 1.86. The summed E-state index contributed by atoms with van der Waals surface area (Å²) in [6.07, 6.45) is 4.76. The Bertz CT molecular complexity index is 1210. The summed E-state index contributed by atoms with van der Waals surface area (Å²) in [5.74, 6) is 1.67. The summed E-state index contributed by atoms with van der Waals surface area (Å²) in [4.78, 5) is 38.5. The fourth-order valence-electron chi connectivity index (χ4n) is 4.36. The van der Waals surface area contributed by atoms with E-state index in [2.05, 4.69) is 30.4 Å². The number of aromatic nitrogens is 5. The van der Waals surface area contributed by atoms with Gasteiger partial charge in [0.1, 0.15) is 11.9 Å². The van der Waals surface area contributed by atoms with Crippen molar-refractivity contribution in [3.05, 3.63) is 63.9 Å². The third kappa shape index (κ3) is 4.43. The average molecular weight is 501 g/mol. The Kier molecular flexibility index (Phi) is 6.34. The van der Waals surface area contributed by atoms with Crippen LogP contribution in [0.15, 0.2) is 36.7 Å². The van der Waals surface area contributed by atoms with E-state index in [1.807, 2.05) is 9.47 Å². The lowest BCUT2D eigenvalue weighted by Crippen LogP contribution is -2.51. The maximum atomic E-state index is 13.4. The van der Waals surface area contributed by atoms with Gasteiger partial charge in [0.05, 0.1) is 17.1 Å². The number of nitrogens with one attached hydrogen (secondary N) is 1. The number of halogens is 2. The molecule has 3 aromatic rings. The first-order chi connectivity index (χ1) is 16.5. The monoisotopic (exact) mass is 500 g/mol. The fourth-order valence-corrected chi connectivity index (χ4v) is 4.85. The molecule has 1 saturated heterocycles. The molecule has 0 spiro atoms. The van der Waals surface area contributed by atoms with Crippen LogP contribution in [0.3, 0.4) is 0 Å². The molecule has 5 rings (SSSR count). The van der Waals surface area contributed by atoms with Crippen molar-refractivity contribution in [2.45, 2.75) is 25.4 Å². The number of nitrogens with zero attached hydrogens (tertiary/aromatic N) is 7. The molecule has 1 atom stereocenters. The maximum absolute atomic E-state index is 13.4. The molecule has 0 bridgehead atoms. The molecule has 1 unspecified atom stereocenters. The van der Waals surface area contributed by atoms with Gasteiger partial charge in [0.25, 0.3) is 5.91 Å². The number of rotatable bonds is 5. The first-order valence-corrected chi connectivity index (χ1v) is 11.7. The first-order valence-electron chi connectivity index (χ1n) is 11.0. The number of hydrogen-bond donors (Lipinski definition) is 1. The Morgan fingerprint density at radius 3 is 2.56 bits per heavy atom. The molecule has 2 aromatic heterocycles. The second kappa shape index (κ2) is 9.55. The Morgan fingerprint density at radius 1 is 1.06 bits per heavy atom. The summed E-state index contributed by atoms with van der Waals surface area (Å²) >= 11 is 12.0. The zero-order chi connectivity index (χ0) is 23.7. The van der Waals surface area contributed by atoms with E-state index in [9.17, 15) is 9.59 Å². The van der Waals surface area contributed by atoms with Crippen molar-refractivity contribution < 1.29 is 9.59 Å². The molecule has 1 aromatic carbocycles. The van der Waals surface area contributed by atoms with Gasteiger partial charge >= 0.3 is 0 Å². The predicted molar refractivity (Wildman–Crippen MR) is 126 cm³/mol. The van der Waals surface area contributed by atoms with Gasteiger partial charge < -0.3 is 19.7 Å². The van der Waals surface area contributed by atoms with Gasteiger partial charge in [0.2, 0.25) is 11.9 Å². The second-order valence-corrected chi connectivity index (χ2v) is 8.97. The highest BCUT2D eigenvalue weighted by Gasteiger charge is 2.36. The summed E-state index contributed by atoms with van der Waals surface area (Å²) in [6.45, 7) is 2.65. The van der Waals surface area contributed by atoms with Gasteiger partial charge in [-0.25, -0.2) is 9.97 Å². The molecule has 4 heterocycles. The number of aryl methyl sites for hydroxylation is 1. The normalized spacial score (nSPS) is 17.5. The van der Waals surface area contributed by atoms with Crippen molar-refractivity contribution >= 4 is 41.0 Å². The van der Waals surface area contributed by atoms with E-state index >= 15 is 0 Å². The topological polar surface area (TPSA) is 109 Å². The van der Waals surface area contributed by atoms with Crippen molar-refractivity contribution in [1.82, 2.24) is 34.9 Å². The molecule has 1 N–H and O–H groups in total. The minimum Gasteiger partial charge on any atom is -0.345 e. The van der Waals surface area contributed by atoms with Gasteiger partial charge in [-0.05, 0) is 30.7 Å². The molecule has 2 amide bonds.